The number of nitrogens with zero attached hydrogens (tertiary/aromatic N) is 5. The molecule has 0 amide bonds. The van der Waals surface area contributed by atoms with Gasteiger partial charge in [0.15, 0.2) is 10.8 Å². The van der Waals surface area contributed by atoms with Gasteiger partial charge in [-0.25, -0.2) is 4.79 Å². The Bertz CT molecular complexity index is 1300. The number of hydrogen-bond donors (Lipinski definition) is 1. The summed E-state index contributed by atoms with van der Waals surface area (Å²) < 4.78 is 8.58. The first-order valence-corrected chi connectivity index (χ1v) is 9.73. The zero-order chi connectivity index (χ0) is 21.4. The minimum absolute atomic E-state index is 0.00396. The summed E-state index contributed by atoms with van der Waals surface area (Å²) in [6.45, 7) is 4.37. The van der Waals surface area contributed by atoms with Crippen molar-refractivity contribution in [2.75, 3.05) is 12.8 Å². The molecule has 0 aliphatic rings. The predicted molar refractivity (Wildman–Crippen MR) is 116 cm³/mol. The molecule has 30 heavy (non-hydrogen) atoms. The Labute approximate surface area is 177 Å². The summed E-state index contributed by atoms with van der Waals surface area (Å²) in [6, 6.07) is 9.64. The molecule has 2 N–H and O–H groups in total. The highest BCUT2D eigenvalue weighted by molar-refractivity contribution is 6.33. The van der Waals surface area contributed by atoms with E-state index in [4.69, 9.17) is 22.1 Å². The van der Waals surface area contributed by atoms with Gasteiger partial charge in [-0.15, -0.1) is 0 Å². The third kappa shape index (κ3) is 3.39. The number of fused-ring (bicyclic) bond motifs is 1. The number of imidazole rings is 1. The highest BCUT2D eigenvalue weighted by atomic mass is 35.5. The van der Waals surface area contributed by atoms with Crippen LogP contribution in [0.4, 0.5) is 5.95 Å². The van der Waals surface area contributed by atoms with Crippen LogP contribution >= 0.6 is 11.6 Å². The number of nitrogen functional groups attached to an aromatic ring is 1. The van der Waals surface area contributed by atoms with Gasteiger partial charge in [0.25, 0.3) is 0 Å². The molecule has 4 rings (SSSR count). The van der Waals surface area contributed by atoms with Crippen molar-refractivity contribution in [3.05, 3.63) is 74.6 Å². The highest BCUT2D eigenvalue weighted by Gasteiger charge is 2.21. The van der Waals surface area contributed by atoms with Gasteiger partial charge in [0.05, 0.1) is 25.9 Å². The normalized spacial score (nSPS) is 11.2. The van der Waals surface area contributed by atoms with Gasteiger partial charge in [0, 0.05) is 17.3 Å². The number of aromatic nitrogens is 5. The van der Waals surface area contributed by atoms with Gasteiger partial charge < -0.3 is 10.5 Å². The van der Waals surface area contributed by atoms with Crippen LogP contribution in [0.5, 0.6) is 5.75 Å². The van der Waals surface area contributed by atoms with E-state index in [0.717, 1.165) is 22.4 Å². The third-order valence-electron chi connectivity index (χ3n) is 5.07. The van der Waals surface area contributed by atoms with Crippen molar-refractivity contribution >= 4 is 28.7 Å². The fraction of sp³-hybridized carbons (Fsp3) is 0.238. The van der Waals surface area contributed by atoms with Gasteiger partial charge in [-0.2, -0.15) is 9.97 Å². The van der Waals surface area contributed by atoms with Crippen LogP contribution in [0.2, 0.25) is 5.15 Å². The second-order valence-corrected chi connectivity index (χ2v) is 7.39. The van der Waals surface area contributed by atoms with Crippen LogP contribution in [0.25, 0.3) is 11.2 Å². The Kier molecular flexibility index (Phi) is 5.17. The second kappa shape index (κ2) is 7.79. The fourth-order valence-electron chi connectivity index (χ4n) is 3.62. The lowest BCUT2D eigenvalue weighted by molar-refractivity contribution is 0.406. The van der Waals surface area contributed by atoms with Crippen LogP contribution in [0.15, 0.2) is 41.3 Å². The number of hydrogen-bond acceptors (Lipinski definition) is 6. The number of benzene rings is 1. The fourth-order valence-corrected chi connectivity index (χ4v) is 3.89. The standard InChI is InChI=1S/C21H21ClN6O2/c1-12-9-24-15(13(2)17(12)30-3)11-28-19-16(18(22)25-20(23)26-19)27(21(28)29)10-14-7-5-4-6-8-14/h4-9H,10-11H2,1-3H3,(H2,23,25,26). The molecule has 0 unspecified atom stereocenters. The van der Waals surface area contributed by atoms with E-state index < -0.39 is 0 Å². The summed E-state index contributed by atoms with van der Waals surface area (Å²) in [5.74, 6) is 0.748. The highest BCUT2D eigenvalue weighted by Crippen LogP contribution is 2.26. The number of halogens is 1. The number of rotatable bonds is 5. The van der Waals surface area contributed by atoms with Gasteiger partial charge in [-0.1, -0.05) is 41.9 Å². The summed E-state index contributed by atoms with van der Waals surface area (Å²) in [5.41, 5.74) is 9.81. The minimum Gasteiger partial charge on any atom is -0.496 e. The second-order valence-electron chi connectivity index (χ2n) is 7.03. The lowest BCUT2D eigenvalue weighted by Crippen LogP contribution is -2.26. The SMILES string of the molecule is COc1c(C)cnc(Cn2c(=O)n(Cc3ccccc3)c3c(Cl)nc(N)nc32)c1C. The molecule has 0 aliphatic carbocycles. The van der Waals surface area contributed by atoms with E-state index >= 15 is 0 Å². The predicted octanol–water partition coefficient (Wildman–Crippen LogP) is 2.95. The van der Waals surface area contributed by atoms with Gasteiger partial charge in [0.2, 0.25) is 5.95 Å². The van der Waals surface area contributed by atoms with Crippen LogP contribution in [-0.4, -0.2) is 31.2 Å². The van der Waals surface area contributed by atoms with Gasteiger partial charge in [-0.3, -0.25) is 14.1 Å². The number of aryl methyl sites for hydroxylation is 1. The molecule has 0 aliphatic heterocycles. The number of nitrogens with two attached hydrogens (primary N) is 1. The lowest BCUT2D eigenvalue weighted by atomic mass is 10.1. The smallest absolute Gasteiger partial charge is 0.331 e. The molecule has 4 aromatic rings. The molecule has 0 bridgehead atoms. The molecule has 3 aromatic heterocycles. The molecule has 9 heteroatoms. The lowest BCUT2D eigenvalue weighted by Gasteiger charge is -2.12. The average Bonchev–Trinajstić information content (AvgIpc) is 2.97. The summed E-state index contributed by atoms with van der Waals surface area (Å²) >= 11 is 6.38. The zero-order valence-corrected chi connectivity index (χ0v) is 17.6. The largest absolute Gasteiger partial charge is 0.496 e. The van der Waals surface area contributed by atoms with Crippen LogP contribution < -0.4 is 16.2 Å². The molecule has 3 heterocycles. The quantitative estimate of drug-likeness (QED) is 0.494. The van der Waals surface area contributed by atoms with Crippen molar-refractivity contribution in [2.24, 2.45) is 0 Å². The summed E-state index contributed by atoms with van der Waals surface area (Å²) in [6.07, 6.45) is 1.73. The maximum atomic E-state index is 13.4. The van der Waals surface area contributed by atoms with Crippen LogP contribution in [0, 0.1) is 13.8 Å². The first-order chi connectivity index (χ1) is 14.4. The zero-order valence-electron chi connectivity index (χ0n) is 16.9. The molecule has 154 valence electrons. The molecule has 0 radical (unpaired) electrons. The van der Waals surface area contributed by atoms with Crippen molar-refractivity contribution in [1.82, 2.24) is 24.1 Å². The van der Waals surface area contributed by atoms with E-state index in [-0.39, 0.29) is 23.3 Å². The van der Waals surface area contributed by atoms with E-state index in [9.17, 15) is 4.79 Å². The van der Waals surface area contributed by atoms with Gasteiger partial charge >= 0.3 is 5.69 Å². The Morgan fingerprint density at radius 2 is 1.83 bits per heavy atom. The Hall–Kier alpha value is -3.39. The Morgan fingerprint density at radius 3 is 2.53 bits per heavy atom. The average molecular weight is 425 g/mol. The topological polar surface area (TPSA) is 101 Å². The van der Waals surface area contributed by atoms with E-state index in [2.05, 4.69) is 15.0 Å². The first kappa shape index (κ1) is 19.9. The minimum atomic E-state index is -0.267. The van der Waals surface area contributed by atoms with E-state index in [1.165, 1.54) is 4.57 Å². The Morgan fingerprint density at radius 1 is 1.10 bits per heavy atom. The molecular formula is C21H21ClN6O2. The van der Waals surface area contributed by atoms with Crippen LogP contribution in [0.1, 0.15) is 22.4 Å². The van der Waals surface area contributed by atoms with Gasteiger partial charge in [0.1, 0.15) is 11.3 Å². The van der Waals surface area contributed by atoms with Crippen molar-refractivity contribution in [3.8, 4) is 5.75 Å². The van der Waals surface area contributed by atoms with Crippen molar-refractivity contribution in [3.63, 3.8) is 0 Å². The number of methoxy groups -OCH3 is 1. The van der Waals surface area contributed by atoms with Crippen LogP contribution in [-0.2, 0) is 13.1 Å². The van der Waals surface area contributed by atoms with Gasteiger partial charge in [-0.05, 0) is 19.4 Å². The van der Waals surface area contributed by atoms with Crippen molar-refractivity contribution < 1.29 is 4.74 Å². The van der Waals surface area contributed by atoms with Crippen molar-refractivity contribution in [2.45, 2.75) is 26.9 Å². The monoisotopic (exact) mass is 424 g/mol. The maximum Gasteiger partial charge on any atom is 0.331 e. The molecule has 0 saturated heterocycles. The van der Waals surface area contributed by atoms with E-state index in [1.807, 2.05) is 44.2 Å². The summed E-state index contributed by atoms with van der Waals surface area (Å²) in [7, 11) is 1.62. The Balaban J connectivity index is 1.91. The molecule has 0 spiro atoms. The molecular weight excluding hydrogens is 404 g/mol. The first-order valence-electron chi connectivity index (χ1n) is 9.35. The molecule has 0 atom stereocenters. The molecule has 8 nitrogen and oxygen atoms in total. The molecule has 0 saturated carbocycles. The van der Waals surface area contributed by atoms with E-state index in [0.29, 0.717) is 23.4 Å². The maximum absolute atomic E-state index is 13.4. The number of ether oxygens (including phenoxy) is 1. The third-order valence-corrected chi connectivity index (χ3v) is 5.33. The van der Waals surface area contributed by atoms with E-state index in [1.54, 1.807) is 17.9 Å². The van der Waals surface area contributed by atoms with Crippen molar-refractivity contribution in [1.29, 1.82) is 0 Å². The summed E-state index contributed by atoms with van der Waals surface area (Å²) in [5, 5.41) is 0.135. The molecule has 1 aromatic carbocycles. The summed E-state index contributed by atoms with van der Waals surface area (Å²) in [4.78, 5) is 26.3. The number of anilines is 1. The van der Waals surface area contributed by atoms with Crippen LogP contribution in [0.3, 0.4) is 0 Å². The number of pyridine rings is 1. The molecule has 0 fully saturated rings.